The normalized spacial score (nSPS) is 18.7. The van der Waals surface area contributed by atoms with Gasteiger partial charge in [0.1, 0.15) is 11.3 Å². The SMILES string of the molecule is O=C(Nc1cc2c(cc1N1CCOCC1)O[C@H](C(F)(F)F)C2)c1cnn2cccnc12. The molecule has 162 valence electrons. The maximum atomic E-state index is 13.2. The minimum absolute atomic E-state index is 0.180. The van der Waals surface area contributed by atoms with Gasteiger partial charge in [-0.3, -0.25) is 4.79 Å². The van der Waals surface area contributed by atoms with Crippen molar-refractivity contribution in [3.63, 3.8) is 0 Å². The van der Waals surface area contributed by atoms with Crippen molar-refractivity contribution in [2.24, 2.45) is 0 Å². The van der Waals surface area contributed by atoms with Crippen molar-refractivity contribution >= 4 is 22.9 Å². The van der Waals surface area contributed by atoms with Crippen LogP contribution in [0.1, 0.15) is 15.9 Å². The summed E-state index contributed by atoms with van der Waals surface area (Å²) in [5.74, 6) is -0.270. The van der Waals surface area contributed by atoms with Gasteiger partial charge in [-0.2, -0.15) is 18.3 Å². The summed E-state index contributed by atoms with van der Waals surface area (Å²) in [7, 11) is 0. The van der Waals surface area contributed by atoms with Crippen molar-refractivity contribution in [1.82, 2.24) is 14.6 Å². The molecular formula is C20H18F3N5O3. The molecular weight excluding hydrogens is 415 g/mol. The summed E-state index contributed by atoms with van der Waals surface area (Å²) < 4.78 is 51.6. The molecule has 0 unspecified atom stereocenters. The number of rotatable bonds is 3. The number of carbonyl (C=O) groups excluding carboxylic acids is 1. The Kier molecular flexibility index (Phi) is 4.69. The number of fused-ring (bicyclic) bond motifs is 2. The number of ether oxygens (including phenoxy) is 2. The van der Waals surface area contributed by atoms with Crippen LogP contribution in [0.2, 0.25) is 0 Å². The Labute approximate surface area is 174 Å². The molecule has 4 heterocycles. The number of hydrogen-bond acceptors (Lipinski definition) is 6. The van der Waals surface area contributed by atoms with Gasteiger partial charge in [0.15, 0.2) is 11.8 Å². The fourth-order valence-corrected chi connectivity index (χ4v) is 3.80. The lowest BCUT2D eigenvalue weighted by Gasteiger charge is -2.31. The second-order valence-corrected chi connectivity index (χ2v) is 7.33. The number of hydrogen-bond donors (Lipinski definition) is 1. The quantitative estimate of drug-likeness (QED) is 0.684. The molecule has 2 aromatic heterocycles. The van der Waals surface area contributed by atoms with E-state index in [4.69, 9.17) is 9.47 Å². The van der Waals surface area contributed by atoms with Crippen LogP contribution in [0, 0.1) is 0 Å². The highest BCUT2D eigenvalue weighted by Crippen LogP contribution is 2.42. The van der Waals surface area contributed by atoms with Gasteiger partial charge in [0.2, 0.25) is 0 Å². The average Bonchev–Trinajstić information content (AvgIpc) is 3.37. The summed E-state index contributed by atoms with van der Waals surface area (Å²) in [4.78, 5) is 19.1. The monoisotopic (exact) mass is 433 g/mol. The lowest BCUT2D eigenvalue weighted by Crippen LogP contribution is -2.36. The third-order valence-corrected chi connectivity index (χ3v) is 5.34. The maximum absolute atomic E-state index is 13.2. The Balaban J connectivity index is 1.50. The van der Waals surface area contributed by atoms with Crippen molar-refractivity contribution in [3.05, 3.63) is 47.9 Å². The van der Waals surface area contributed by atoms with Crippen LogP contribution in [0.3, 0.4) is 0 Å². The third-order valence-electron chi connectivity index (χ3n) is 5.34. The molecule has 8 nitrogen and oxygen atoms in total. The Hall–Kier alpha value is -3.34. The van der Waals surface area contributed by atoms with E-state index in [9.17, 15) is 18.0 Å². The molecule has 0 aliphatic carbocycles. The Bertz CT molecular complexity index is 1140. The zero-order chi connectivity index (χ0) is 21.6. The van der Waals surface area contributed by atoms with Crippen LogP contribution in [0.5, 0.6) is 5.75 Å². The van der Waals surface area contributed by atoms with Gasteiger partial charge in [-0.1, -0.05) is 0 Å². The molecule has 0 spiro atoms. The van der Waals surface area contributed by atoms with E-state index < -0.39 is 18.2 Å². The van der Waals surface area contributed by atoms with Gasteiger partial charge < -0.3 is 19.7 Å². The van der Waals surface area contributed by atoms with Gasteiger partial charge in [-0.25, -0.2) is 9.50 Å². The molecule has 2 aliphatic heterocycles. The van der Waals surface area contributed by atoms with Crippen molar-refractivity contribution in [3.8, 4) is 5.75 Å². The Morgan fingerprint density at radius 1 is 1.23 bits per heavy atom. The first-order valence-electron chi connectivity index (χ1n) is 9.73. The number of alkyl halides is 3. The van der Waals surface area contributed by atoms with E-state index in [1.54, 1.807) is 30.6 Å². The molecule has 1 aromatic carbocycles. The van der Waals surface area contributed by atoms with Crippen LogP contribution in [-0.2, 0) is 11.2 Å². The van der Waals surface area contributed by atoms with Gasteiger partial charge in [0, 0.05) is 43.5 Å². The molecule has 31 heavy (non-hydrogen) atoms. The average molecular weight is 433 g/mol. The van der Waals surface area contributed by atoms with Gasteiger partial charge in [0.25, 0.3) is 5.91 Å². The molecule has 2 aliphatic rings. The summed E-state index contributed by atoms with van der Waals surface area (Å²) in [6.45, 7) is 2.05. The first-order valence-corrected chi connectivity index (χ1v) is 9.73. The predicted octanol–water partition coefficient (Wildman–Crippen LogP) is 2.68. The second-order valence-electron chi connectivity index (χ2n) is 7.33. The van der Waals surface area contributed by atoms with E-state index in [0.29, 0.717) is 48.9 Å². The van der Waals surface area contributed by atoms with Crippen LogP contribution in [0.15, 0.2) is 36.8 Å². The number of halogens is 3. The highest BCUT2D eigenvalue weighted by molar-refractivity contribution is 6.09. The number of carbonyl (C=O) groups is 1. The zero-order valence-electron chi connectivity index (χ0n) is 16.2. The molecule has 0 radical (unpaired) electrons. The lowest BCUT2D eigenvalue weighted by molar-refractivity contribution is -0.189. The number of aromatic nitrogens is 3. The number of nitrogens with one attached hydrogen (secondary N) is 1. The van der Waals surface area contributed by atoms with Crippen LogP contribution >= 0.6 is 0 Å². The van der Waals surface area contributed by atoms with Crippen molar-refractivity contribution in [2.75, 3.05) is 36.5 Å². The van der Waals surface area contributed by atoms with Gasteiger partial charge in [-0.15, -0.1) is 0 Å². The van der Waals surface area contributed by atoms with E-state index in [-0.39, 0.29) is 17.7 Å². The molecule has 0 bridgehead atoms. The van der Waals surface area contributed by atoms with Crippen LogP contribution in [-0.4, -0.2) is 59.1 Å². The first kappa shape index (κ1) is 19.6. The van der Waals surface area contributed by atoms with Crippen molar-refractivity contribution in [1.29, 1.82) is 0 Å². The molecule has 1 amide bonds. The zero-order valence-corrected chi connectivity index (χ0v) is 16.2. The van der Waals surface area contributed by atoms with Gasteiger partial charge in [0.05, 0.1) is 30.8 Å². The first-order chi connectivity index (χ1) is 14.9. The molecule has 1 atom stereocenters. The van der Waals surface area contributed by atoms with Crippen LogP contribution in [0.4, 0.5) is 24.5 Å². The summed E-state index contributed by atoms with van der Waals surface area (Å²) >= 11 is 0. The number of anilines is 2. The third kappa shape index (κ3) is 3.65. The summed E-state index contributed by atoms with van der Waals surface area (Å²) in [6, 6.07) is 4.81. The van der Waals surface area contributed by atoms with Crippen molar-refractivity contribution in [2.45, 2.75) is 18.7 Å². The van der Waals surface area contributed by atoms with Crippen molar-refractivity contribution < 1.29 is 27.4 Å². The summed E-state index contributed by atoms with van der Waals surface area (Å²) in [5.41, 5.74) is 2.04. The number of morpholine rings is 1. The van der Waals surface area contributed by atoms with E-state index >= 15 is 0 Å². The minimum atomic E-state index is -4.47. The summed E-state index contributed by atoms with van der Waals surface area (Å²) in [5, 5.41) is 6.94. The van der Waals surface area contributed by atoms with E-state index in [0.717, 1.165) is 0 Å². The van der Waals surface area contributed by atoms with E-state index in [2.05, 4.69) is 15.4 Å². The highest BCUT2D eigenvalue weighted by Gasteiger charge is 2.45. The predicted molar refractivity (Wildman–Crippen MR) is 105 cm³/mol. The fraction of sp³-hybridized carbons (Fsp3) is 0.350. The molecule has 1 saturated heterocycles. The molecule has 1 fully saturated rings. The molecule has 3 aromatic rings. The molecule has 0 saturated carbocycles. The van der Waals surface area contributed by atoms with Crippen LogP contribution in [0.25, 0.3) is 5.65 Å². The van der Waals surface area contributed by atoms with E-state index in [1.165, 1.54) is 10.7 Å². The highest BCUT2D eigenvalue weighted by atomic mass is 19.4. The van der Waals surface area contributed by atoms with Gasteiger partial charge >= 0.3 is 6.18 Å². The molecule has 11 heteroatoms. The number of amides is 1. The molecule has 1 N–H and O–H groups in total. The summed E-state index contributed by atoms with van der Waals surface area (Å²) in [6.07, 6.45) is -2.04. The van der Waals surface area contributed by atoms with Crippen LogP contribution < -0.4 is 15.0 Å². The topological polar surface area (TPSA) is 81.0 Å². The second kappa shape index (κ2) is 7.41. The fourth-order valence-electron chi connectivity index (χ4n) is 3.80. The Morgan fingerprint density at radius 2 is 2.03 bits per heavy atom. The number of benzene rings is 1. The molecule has 5 rings (SSSR count). The minimum Gasteiger partial charge on any atom is -0.480 e. The Morgan fingerprint density at radius 3 is 2.81 bits per heavy atom. The smallest absolute Gasteiger partial charge is 0.425 e. The number of nitrogens with zero attached hydrogens (tertiary/aromatic N) is 4. The van der Waals surface area contributed by atoms with E-state index in [1.807, 2.05) is 4.90 Å². The standard InChI is InChI=1S/C20H18F3N5O3/c21-20(22,23)17-9-12-8-14(15(10-16(12)31-17)27-4-6-30-7-5-27)26-19(29)13-11-25-28-3-1-2-24-18(13)28/h1-3,8,10-11,17H,4-7,9H2,(H,26,29)/t17-/m0/s1. The van der Waals surface area contributed by atoms with Gasteiger partial charge in [-0.05, 0) is 12.1 Å². The largest absolute Gasteiger partial charge is 0.480 e. The lowest BCUT2D eigenvalue weighted by atomic mass is 10.1. The maximum Gasteiger partial charge on any atom is 0.425 e.